The van der Waals surface area contributed by atoms with Crippen LogP contribution in [0.3, 0.4) is 0 Å². The third kappa shape index (κ3) is 3.47. The Labute approximate surface area is 195 Å². The molecule has 4 heterocycles. The van der Waals surface area contributed by atoms with Gasteiger partial charge >= 0.3 is 0 Å². The summed E-state index contributed by atoms with van der Waals surface area (Å²) in [5.74, 6) is 2.94. The SMILES string of the molecule is Cc1sc2c(c1C)C(c1ccc(Cl)cc1)=N[C@@H](Cc1nnc(C(C)C)o1)c1nnc(C)n1-2. The van der Waals surface area contributed by atoms with Gasteiger partial charge in [0.25, 0.3) is 0 Å². The summed E-state index contributed by atoms with van der Waals surface area (Å²) in [6.07, 6.45) is 0.446. The van der Waals surface area contributed by atoms with Crippen LogP contribution in [0.2, 0.25) is 5.02 Å². The number of nitrogens with zero attached hydrogens (tertiary/aromatic N) is 6. The summed E-state index contributed by atoms with van der Waals surface area (Å²) in [6, 6.07) is 7.49. The Morgan fingerprint density at radius 2 is 1.81 bits per heavy atom. The first-order valence-corrected chi connectivity index (χ1v) is 11.7. The van der Waals surface area contributed by atoms with Crippen LogP contribution >= 0.6 is 22.9 Å². The van der Waals surface area contributed by atoms with Crippen LogP contribution in [0.5, 0.6) is 0 Å². The lowest BCUT2D eigenvalue weighted by Crippen LogP contribution is -2.09. The average Bonchev–Trinajstić information content (AvgIpc) is 3.42. The molecular weight excluding hydrogens is 444 g/mol. The highest BCUT2D eigenvalue weighted by Gasteiger charge is 2.32. The van der Waals surface area contributed by atoms with Crippen molar-refractivity contribution in [3.63, 3.8) is 0 Å². The number of thiophene rings is 1. The topological polar surface area (TPSA) is 82.0 Å². The maximum Gasteiger partial charge on any atom is 0.219 e. The molecule has 0 bridgehead atoms. The predicted molar refractivity (Wildman–Crippen MR) is 125 cm³/mol. The fraction of sp³-hybridized carbons (Fsp3) is 0.348. The van der Waals surface area contributed by atoms with Gasteiger partial charge in [-0.25, -0.2) is 0 Å². The quantitative estimate of drug-likeness (QED) is 0.394. The van der Waals surface area contributed by atoms with Gasteiger partial charge in [-0.3, -0.25) is 9.56 Å². The summed E-state index contributed by atoms with van der Waals surface area (Å²) in [6.45, 7) is 10.3. The highest BCUT2D eigenvalue weighted by molar-refractivity contribution is 7.15. The van der Waals surface area contributed by atoms with Gasteiger partial charge in [0.15, 0.2) is 5.82 Å². The Balaban J connectivity index is 1.71. The molecule has 0 aliphatic carbocycles. The summed E-state index contributed by atoms with van der Waals surface area (Å²) in [7, 11) is 0. The van der Waals surface area contributed by atoms with E-state index in [2.05, 4.69) is 38.8 Å². The van der Waals surface area contributed by atoms with Crippen molar-refractivity contribution in [3.8, 4) is 5.00 Å². The monoisotopic (exact) mass is 466 g/mol. The number of fused-ring (bicyclic) bond motifs is 3. The highest BCUT2D eigenvalue weighted by Crippen LogP contribution is 2.39. The zero-order chi connectivity index (χ0) is 22.6. The molecule has 0 unspecified atom stereocenters. The van der Waals surface area contributed by atoms with E-state index in [4.69, 9.17) is 21.0 Å². The number of hydrogen-bond acceptors (Lipinski definition) is 7. The molecule has 5 rings (SSSR count). The summed E-state index contributed by atoms with van der Waals surface area (Å²) in [4.78, 5) is 6.47. The van der Waals surface area contributed by atoms with Crippen molar-refractivity contribution >= 4 is 28.6 Å². The van der Waals surface area contributed by atoms with Crippen molar-refractivity contribution in [2.75, 3.05) is 0 Å². The molecule has 0 saturated heterocycles. The van der Waals surface area contributed by atoms with Gasteiger partial charge in [0.2, 0.25) is 11.8 Å². The number of rotatable bonds is 4. The van der Waals surface area contributed by atoms with Gasteiger partial charge in [0, 0.05) is 26.9 Å². The largest absolute Gasteiger partial charge is 0.425 e. The van der Waals surface area contributed by atoms with Crippen LogP contribution in [0.1, 0.15) is 70.8 Å². The lowest BCUT2D eigenvalue weighted by molar-refractivity contribution is 0.418. The van der Waals surface area contributed by atoms with Crippen molar-refractivity contribution in [2.45, 2.75) is 53.0 Å². The molecule has 0 spiro atoms. The van der Waals surface area contributed by atoms with Crippen molar-refractivity contribution in [2.24, 2.45) is 4.99 Å². The third-order valence-corrected chi connectivity index (χ3v) is 7.15. The van der Waals surface area contributed by atoms with E-state index in [9.17, 15) is 0 Å². The van der Waals surface area contributed by atoms with Gasteiger partial charge in [-0.2, -0.15) is 0 Å². The maximum absolute atomic E-state index is 6.17. The summed E-state index contributed by atoms with van der Waals surface area (Å²) in [5.41, 5.74) is 4.23. The molecule has 1 aliphatic heterocycles. The van der Waals surface area contributed by atoms with Crippen LogP contribution < -0.4 is 0 Å². The molecule has 32 heavy (non-hydrogen) atoms. The molecule has 1 aromatic carbocycles. The molecule has 0 amide bonds. The van der Waals surface area contributed by atoms with Crippen LogP contribution in [0, 0.1) is 20.8 Å². The van der Waals surface area contributed by atoms with Crippen molar-refractivity contribution in [3.05, 3.63) is 74.3 Å². The maximum atomic E-state index is 6.17. The second-order valence-corrected chi connectivity index (χ2v) is 9.94. The first-order valence-electron chi connectivity index (χ1n) is 10.5. The van der Waals surface area contributed by atoms with Crippen molar-refractivity contribution in [1.82, 2.24) is 25.0 Å². The number of halogens is 1. The van der Waals surface area contributed by atoms with Gasteiger partial charge < -0.3 is 4.42 Å². The normalized spacial score (nSPS) is 15.5. The number of aliphatic imine (C=N–C) groups is 1. The molecule has 0 saturated carbocycles. The fourth-order valence-corrected chi connectivity index (χ4v) is 5.22. The Morgan fingerprint density at radius 1 is 1.06 bits per heavy atom. The van der Waals surface area contributed by atoms with E-state index in [0.29, 0.717) is 23.2 Å². The molecule has 164 valence electrons. The molecule has 0 fully saturated rings. The van der Waals surface area contributed by atoms with E-state index >= 15 is 0 Å². The highest BCUT2D eigenvalue weighted by atomic mass is 35.5. The van der Waals surface area contributed by atoms with Crippen LogP contribution in [0.15, 0.2) is 33.7 Å². The molecular formula is C23H23ClN6OS. The second kappa shape index (κ2) is 7.94. The van der Waals surface area contributed by atoms with E-state index in [1.165, 1.54) is 10.4 Å². The van der Waals surface area contributed by atoms with Crippen molar-refractivity contribution in [1.29, 1.82) is 0 Å². The zero-order valence-corrected chi connectivity index (χ0v) is 20.1. The summed E-state index contributed by atoms with van der Waals surface area (Å²) < 4.78 is 8.03. The Morgan fingerprint density at radius 3 is 2.50 bits per heavy atom. The van der Waals surface area contributed by atoms with E-state index in [1.54, 1.807) is 11.3 Å². The molecule has 4 aromatic rings. The molecule has 1 atom stereocenters. The molecule has 9 heteroatoms. The second-order valence-electron chi connectivity index (χ2n) is 8.30. The number of benzene rings is 1. The van der Waals surface area contributed by atoms with Gasteiger partial charge in [-0.15, -0.1) is 31.7 Å². The molecule has 0 N–H and O–H groups in total. The van der Waals surface area contributed by atoms with Crippen molar-refractivity contribution < 1.29 is 4.42 Å². The Kier molecular flexibility index (Phi) is 5.22. The van der Waals surface area contributed by atoms with Gasteiger partial charge in [0.1, 0.15) is 16.9 Å². The van der Waals surface area contributed by atoms with E-state index in [0.717, 1.165) is 33.5 Å². The van der Waals surface area contributed by atoms with Crippen LogP contribution in [0.25, 0.3) is 5.00 Å². The number of aryl methyl sites for hydroxylation is 2. The molecule has 0 radical (unpaired) electrons. The lowest BCUT2D eigenvalue weighted by atomic mass is 9.99. The predicted octanol–water partition coefficient (Wildman–Crippen LogP) is 5.55. The van der Waals surface area contributed by atoms with Crippen LogP contribution in [-0.4, -0.2) is 30.7 Å². The summed E-state index contributed by atoms with van der Waals surface area (Å²) >= 11 is 7.90. The van der Waals surface area contributed by atoms with E-state index in [-0.39, 0.29) is 12.0 Å². The van der Waals surface area contributed by atoms with Gasteiger partial charge in [0.05, 0.1) is 12.1 Å². The Hall–Kier alpha value is -2.84. The third-order valence-electron chi connectivity index (χ3n) is 5.70. The first kappa shape index (κ1) is 21.0. The van der Waals surface area contributed by atoms with E-state index in [1.807, 2.05) is 45.0 Å². The minimum Gasteiger partial charge on any atom is -0.425 e. The van der Waals surface area contributed by atoms with Gasteiger partial charge in [-0.05, 0) is 38.5 Å². The average molecular weight is 467 g/mol. The fourth-order valence-electron chi connectivity index (χ4n) is 3.88. The lowest BCUT2D eigenvalue weighted by Gasteiger charge is -2.11. The standard InChI is InChI=1S/C23H23ClN6OS/c1-11(2)22-29-27-18(31-22)10-17-21-28-26-14(5)30(21)23-19(12(3)13(4)32-23)20(25-17)15-6-8-16(24)9-7-15/h6-9,11,17H,10H2,1-5H3/t17-/m0/s1. The molecule has 1 aliphatic rings. The Bertz CT molecular complexity index is 1330. The zero-order valence-electron chi connectivity index (χ0n) is 18.5. The summed E-state index contributed by atoms with van der Waals surface area (Å²) in [5, 5.41) is 19.1. The van der Waals surface area contributed by atoms with Crippen LogP contribution in [0.4, 0.5) is 0 Å². The molecule has 3 aromatic heterocycles. The number of hydrogen-bond donors (Lipinski definition) is 0. The smallest absolute Gasteiger partial charge is 0.219 e. The van der Waals surface area contributed by atoms with Gasteiger partial charge in [-0.1, -0.05) is 37.6 Å². The van der Waals surface area contributed by atoms with Crippen LogP contribution in [-0.2, 0) is 6.42 Å². The minimum absolute atomic E-state index is 0.169. The van der Waals surface area contributed by atoms with E-state index < -0.39 is 0 Å². The first-order chi connectivity index (χ1) is 15.3. The minimum atomic E-state index is -0.318. The molecule has 7 nitrogen and oxygen atoms in total. The number of aromatic nitrogens is 5.